The van der Waals surface area contributed by atoms with Crippen molar-refractivity contribution in [1.82, 2.24) is 9.88 Å². The molecule has 1 unspecified atom stereocenters. The van der Waals surface area contributed by atoms with E-state index in [2.05, 4.69) is 4.98 Å². The smallest absolute Gasteiger partial charge is 0.241 e. The van der Waals surface area contributed by atoms with Gasteiger partial charge in [0.1, 0.15) is 5.03 Å². The van der Waals surface area contributed by atoms with Crippen molar-refractivity contribution >= 4 is 29.3 Å². The molecule has 0 spiro atoms. The maximum absolute atomic E-state index is 12.6. The van der Waals surface area contributed by atoms with Crippen LogP contribution in [0.3, 0.4) is 0 Å². The van der Waals surface area contributed by atoms with Gasteiger partial charge in [-0.3, -0.25) is 9.59 Å². The van der Waals surface area contributed by atoms with Crippen LogP contribution in [0, 0.1) is 0 Å². The SMILES string of the molecule is CCN1C(=O)C(CC(=O)N2CCCCC2)Sc2ncccc21. The number of hydrogen-bond donors (Lipinski definition) is 0. The second-order valence-corrected chi connectivity index (χ2v) is 6.85. The predicted octanol–water partition coefficient (Wildman–Crippen LogP) is 2.31. The lowest BCUT2D eigenvalue weighted by molar-refractivity contribution is -0.133. The quantitative estimate of drug-likeness (QED) is 0.858. The third-order valence-electron chi connectivity index (χ3n) is 4.22. The van der Waals surface area contributed by atoms with Gasteiger partial charge in [-0.25, -0.2) is 4.98 Å². The Morgan fingerprint density at radius 1 is 1.36 bits per heavy atom. The molecule has 3 heterocycles. The fourth-order valence-corrected chi connectivity index (χ4v) is 4.19. The van der Waals surface area contributed by atoms with Gasteiger partial charge in [0.05, 0.1) is 10.9 Å². The number of pyridine rings is 1. The molecule has 22 heavy (non-hydrogen) atoms. The van der Waals surface area contributed by atoms with Crippen LogP contribution in [-0.2, 0) is 9.59 Å². The molecule has 0 N–H and O–H groups in total. The topological polar surface area (TPSA) is 53.5 Å². The number of anilines is 1. The highest BCUT2D eigenvalue weighted by Gasteiger charge is 2.35. The van der Waals surface area contributed by atoms with Crippen LogP contribution in [0.2, 0.25) is 0 Å². The summed E-state index contributed by atoms with van der Waals surface area (Å²) in [7, 11) is 0. The molecule has 0 aromatic carbocycles. The summed E-state index contributed by atoms with van der Waals surface area (Å²) < 4.78 is 0. The van der Waals surface area contributed by atoms with Crippen LogP contribution in [0.4, 0.5) is 5.69 Å². The van der Waals surface area contributed by atoms with Crippen molar-refractivity contribution in [2.24, 2.45) is 0 Å². The average Bonchev–Trinajstić information content (AvgIpc) is 2.56. The van der Waals surface area contributed by atoms with E-state index in [1.807, 2.05) is 24.0 Å². The number of carbonyl (C=O) groups is 2. The van der Waals surface area contributed by atoms with Crippen LogP contribution in [0.5, 0.6) is 0 Å². The van der Waals surface area contributed by atoms with Crippen LogP contribution in [-0.4, -0.2) is 46.6 Å². The summed E-state index contributed by atoms with van der Waals surface area (Å²) in [5, 5.41) is 0.497. The minimum Gasteiger partial charge on any atom is -0.343 e. The van der Waals surface area contributed by atoms with Crippen molar-refractivity contribution < 1.29 is 9.59 Å². The maximum atomic E-state index is 12.6. The minimum atomic E-state index is -0.350. The molecule has 2 aliphatic heterocycles. The summed E-state index contributed by atoms with van der Waals surface area (Å²) in [6, 6.07) is 3.76. The lowest BCUT2D eigenvalue weighted by Crippen LogP contribution is -2.44. The Morgan fingerprint density at radius 3 is 2.86 bits per heavy atom. The molecule has 3 rings (SSSR count). The van der Waals surface area contributed by atoms with Crippen molar-refractivity contribution in [3.63, 3.8) is 0 Å². The Balaban J connectivity index is 1.74. The monoisotopic (exact) mass is 319 g/mol. The highest BCUT2D eigenvalue weighted by molar-refractivity contribution is 8.00. The van der Waals surface area contributed by atoms with Gasteiger partial charge in [-0.1, -0.05) is 11.8 Å². The Labute approximate surface area is 135 Å². The Morgan fingerprint density at radius 2 is 2.14 bits per heavy atom. The van der Waals surface area contributed by atoms with Crippen molar-refractivity contribution in [2.75, 3.05) is 24.5 Å². The van der Waals surface area contributed by atoms with Gasteiger partial charge in [0.25, 0.3) is 0 Å². The normalized spacial score (nSPS) is 21.7. The zero-order chi connectivity index (χ0) is 15.5. The second kappa shape index (κ2) is 6.69. The first-order valence-electron chi connectivity index (χ1n) is 7.91. The summed E-state index contributed by atoms with van der Waals surface area (Å²) in [5.74, 6) is 0.124. The van der Waals surface area contributed by atoms with Crippen LogP contribution in [0.15, 0.2) is 23.4 Å². The van der Waals surface area contributed by atoms with E-state index < -0.39 is 0 Å². The van der Waals surface area contributed by atoms with Gasteiger partial charge in [-0.2, -0.15) is 0 Å². The van der Waals surface area contributed by atoms with E-state index in [1.54, 1.807) is 11.1 Å². The summed E-state index contributed by atoms with van der Waals surface area (Å²) >= 11 is 1.43. The largest absolute Gasteiger partial charge is 0.343 e. The van der Waals surface area contributed by atoms with Gasteiger partial charge in [0.15, 0.2) is 0 Å². The molecule has 1 fully saturated rings. The molecule has 1 atom stereocenters. The average molecular weight is 319 g/mol. The van der Waals surface area contributed by atoms with E-state index in [1.165, 1.54) is 18.2 Å². The van der Waals surface area contributed by atoms with Gasteiger partial charge in [-0.05, 0) is 38.3 Å². The van der Waals surface area contributed by atoms with E-state index >= 15 is 0 Å². The van der Waals surface area contributed by atoms with Gasteiger partial charge >= 0.3 is 0 Å². The van der Waals surface area contributed by atoms with E-state index in [9.17, 15) is 9.59 Å². The minimum absolute atomic E-state index is 0.0263. The number of aromatic nitrogens is 1. The van der Waals surface area contributed by atoms with Gasteiger partial charge in [0, 0.05) is 32.3 Å². The number of thioether (sulfide) groups is 1. The van der Waals surface area contributed by atoms with E-state index in [0.29, 0.717) is 6.54 Å². The van der Waals surface area contributed by atoms with Crippen LogP contribution >= 0.6 is 11.8 Å². The number of rotatable bonds is 3. The summed E-state index contributed by atoms with van der Waals surface area (Å²) in [4.78, 5) is 33.1. The van der Waals surface area contributed by atoms with E-state index in [4.69, 9.17) is 0 Å². The molecule has 6 heteroatoms. The zero-order valence-corrected chi connectivity index (χ0v) is 13.6. The molecule has 0 radical (unpaired) electrons. The lowest BCUT2D eigenvalue weighted by Gasteiger charge is -2.33. The number of amides is 2. The fourth-order valence-electron chi connectivity index (χ4n) is 3.04. The van der Waals surface area contributed by atoms with Crippen LogP contribution in [0.25, 0.3) is 0 Å². The molecular formula is C16H21N3O2S. The molecular weight excluding hydrogens is 298 g/mol. The standard InChI is InChI=1S/C16H21N3O2S/c1-2-19-12-7-6-8-17-15(12)22-13(16(19)21)11-14(20)18-9-4-3-5-10-18/h6-8,13H,2-5,9-11H2,1H3. The molecule has 1 aromatic rings. The van der Waals surface area contributed by atoms with Crippen molar-refractivity contribution in [1.29, 1.82) is 0 Å². The zero-order valence-electron chi connectivity index (χ0n) is 12.8. The molecule has 0 aliphatic carbocycles. The Bertz CT molecular complexity index is 572. The highest BCUT2D eigenvalue weighted by Crippen LogP contribution is 2.38. The predicted molar refractivity (Wildman–Crippen MR) is 87.0 cm³/mol. The summed E-state index contributed by atoms with van der Waals surface area (Å²) in [5.41, 5.74) is 0.863. The molecule has 2 amide bonds. The third-order valence-corrected chi connectivity index (χ3v) is 5.41. The molecule has 1 aromatic heterocycles. The van der Waals surface area contributed by atoms with Crippen molar-refractivity contribution in [3.8, 4) is 0 Å². The van der Waals surface area contributed by atoms with Crippen molar-refractivity contribution in [3.05, 3.63) is 18.3 Å². The molecule has 118 valence electrons. The molecule has 0 saturated carbocycles. The fraction of sp³-hybridized carbons (Fsp3) is 0.562. The number of fused-ring (bicyclic) bond motifs is 1. The second-order valence-electron chi connectivity index (χ2n) is 5.66. The molecule has 2 aliphatic rings. The van der Waals surface area contributed by atoms with Crippen molar-refractivity contribution in [2.45, 2.75) is 42.9 Å². The van der Waals surface area contributed by atoms with Crippen LogP contribution < -0.4 is 4.90 Å². The third kappa shape index (κ3) is 2.97. The number of hydrogen-bond acceptors (Lipinski definition) is 4. The first-order valence-corrected chi connectivity index (χ1v) is 8.79. The number of likely N-dealkylation sites (tertiary alicyclic amines) is 1. The van der Waals surface area contributed by atoms with E-state index in [0.717, 1.165) is 36.6 Å². The Kier molecular flexibility index (Phi) is 4.66. The number of nitrogens with zero attached hydrogens (tertiary/aromatic N) is 3. The van der Waals surface area contributed by atoms with Crippen LogP contribution in [0.1, 0.15) is 32.6 Å². The summed E-state index contributed by atoms with van der Waals surface area (Å²) in [6.45, 7) is 4.22. The van der Waals surface area contributed by atoms with Gasteiger partial charge in [0.2, 0.25) is 11.8 Å². The van der Waals surface area contributed by atoms with Gasteiger partial charge in [-0.15, -0.1) is 0 Å². The van der Waals surface area contributed by atoms with E-state index in [-0.39, 0.29) is 23.5 Å². The maximum Gasteiger partial charge on any atom is 0.241 e. The molecule has 0 bridgehead atoms. The van der Waals surface area contributed by atoms with Gasteiger partial charge < -0.3 is 9.80 Å². The highest BCUT2D eigenvalue weighted by atomic mass is 32.2. The lowest BCUT2D eigenvalue weighted by atomic mass is 10.1. The Hall–Kier alpha value is -1.56. The number of piperidine rings is 1. The summed E-state index contributed by atoms with van der Waals surface area (Å²) in [6.07, 6.45) is 5.35. The molecule has 5 nitrogen and oxygen atoms in total. The molecule has 1 saturated heterocycles. The first-order chi connectivity index (χ1) is 10.7. The first kappa shape index (κ1) is 15.3. The number of carbonyl (C=O) groups excluding carboxylic acids is 2.